The minimum Gasteiger partial charge on any atom is -0.466 e. The Morgan fingerprint density at radius 2 is 1.24 bits per heavy atom. The minimum absolute atomic E-state index is 0.250. The molecular formula is C19H34O2. The van der Waals surface area contributed by atoms with Crippen molar-refractivity contribution in [1.82, 2.24) is 0 Å². The Balaban J connectivity index is 3.07. The van der Waals surface area contributed by atoms with Crippen LogP contribution in [-0.4, -0.2) is 13.1 Å². The second-order valence-corrected chi connectivity index (χ2v) is 5.68. The Hall–Kier alpha value is -1.05. The van der Waals surface area contributed by atoms with Crippen LogP contribution in [-0.2, 0) is 9.53 Å². The molecule has 0 N–H and O–H groups in total. The molecule has 0 amide bonds. The van der Waals surface area contributed by atoms with E-state index < -0.39 is 0 Å². The van der Waals surface area contributed by atoms with Gasteiger partial charge in [0.15, 0.2) is 0 Å². The number of carbonyl (C=O) groups excluding carboxylic acids is 1. The van der Waals surface area contributed by atoms with E-state index in [4.69, 9.17) is 0 Å². The van der Waals surface area contributed by atoms with Gasteiger partial charge in [-0.2, -0.15) is 0 Å². The zero-order valence-corrected chi connectivity index (χ0v) is 13.9. The van der Waals surface area contributed by atoms with Gasteiger partial charge in [0.1, 0.15) is 0 Å². The quantitative estimate of drug-likeness (QED) is 0.161. The van der Waals surface area contributed by atoms with E-state index in [9.17, 15) is 4.79 Å². The van der Waals surface area contributed by atoms with E-state index in [0.29, 0.717) is 0 Å². The summed E-state index contributed by atoms with van der Waals surface area (Å²) in [6, 6.07) is 0. The Morgan fingerprint density at radius 3 is 1.67 bits per heavy atom. The number of unbranched alkanes of at least 4 members (excludes halogenated alkanes) is 12. The molecule has 0 heterocycles. The molecule has 21 heavy (non-hydrogen) atoms. The van der Waals surface area contributed by atoms with Crippen molar-refractivity contribution in [1.29, 1.82) is 0 Å². The Bertz CT molecular complexity index is 269. The van der Waals surface area contributed by atoms with E-state index in [1.165, 1.54) is 90.2 Å². The van der Waals surface area contributed by atoms with E-state index in [1.54, 1.807) is 0 Å². The lowest BCUT2D eigenvalue weighted by molar-refractivity contribution is -0.134. The van der Waals surface area contributed by atoms with E-state index in [0.717, 1.165) is 6.42 Å². The number of hydrogen-bond acceptors (Lipinski definition) is 2. The summed E-state index contributed by atoms with van der Waals surface area (Å²) in [6.07, 6.45) is 22.4. The Kier molecular flexibility index (Phi) is 16.2. The summed E-state index contributed by atoms with van der Waals surface area (Å²) in [5.41, 5.74) is 0. The predicted molar refractivity (Wildman–Crippen MR) is 91.4 cm³/mol. The fourth-order valence-corrected chi connectivity index (χ4v) is 2.39. The summed E-state index contributed by atoms with van der Waals surface area (Å²) in [5, 5.41) is 0. The molecule has 0 unspecified atom stereocenters. The number of hydrogen-bond donors (Lipinski definition) is 0. The largest absolute Gasteiger partial charge is 0.466 e. The Labute approximate surface area is 131 Å². The van der Waals surface area contributed by atoms with Crippen LogP contribution >= 0.6 is 0 Å². The summed E-state index contributed by atoms with van der Waals surface area (Å²) in [6.45, 7) is 3.75. The number of methoxy groups -OCH3 is 1. The zero-order valence-electron chi connectivity index (χ0n) is 13.9. The molecule has 0 aromatic heterocycles. The maximum atomic E-state index is 10.8. The molecule has 0 bridgehead atoms. The highest BCUT2D eigenvalue weighted by atomic mass is 16.5. The average molecular weight is 294 g/mol. The summed E-state index contributed by atoms with van der Waals surface area (Å²) < 4.78 is 4.54. The second kappa shape index (κ2) is 17.0. The van der Waals surface area contributed by atoms with Crippen molar-refractivity contribution < 1.29 is 9.53 Å². The first-order valence-corrected chi connectivity index (χ1v) is 8.66. The summed E-state index contributed by atoms with van der Waals surface area (Å²) >= 11 is 0. The van der Waals surface area contributed by atoms with E-state index in [2.05, 4.69) is 11.3 Å². The van der Waals surface area contributed by atoms with Crippen LogP contribution in [0.3, 0.4) is 0 Å². The van der Waals surface area contributed by atoms with Gasteiger partial charge in [-0.25, -0.2) is 4.79 Å². The van der Waals surface area contributed by atoms with Crippen molar-refractivity contribution in [3.8, 4) is 0 Å². The SMILES string of the molecule is C=CCCCCCCCCCCCCC/C=C/C(=O)OC. The lowest BCUT2D eigenvalue weighted by Crippen LogP contribution is -1.93. The fourth-order valence-electron chi connectivity index (χ4n) is 2.39. The maximum Gasteiger partial charge on any atom is 0.330 e. The molecule has 0 aliphatic rings. The van der Waals surface area contributed by atoms with Gasteiger partial charge < -0.3 is 4.74 Å². The molecule has 0 saturated carbocycles. The molecule has 0 aromatic carbocycles. The van der Waals surface area contributed by atoms with Gasteiger partial charge in [0.05, 0.1) is 7.11 Å². The third-order valence-electron chi connectivity index (χ3n) is 3.73. The molecular weight excluding hydrogens is 260 g/mol. The first-order chi connectivity index (χ1) is 10.3. The van der Waals surface area contributed by atoms with Crippen LogP contribution in [0, 0.1) is 0 Å². The van der Waals surface area contributed by atoms with Gasteiger partial charge in [0.25, 0.3) is 0 Å². The van der Waals surface area contributed by atoms with E-state index >= 15 is 0 Å². The molecule has 0 aromatic rings. The molecule has 0 radical (unpaired) electrons. The Morgan fingerprint density at radius 1 is 0.810 bits per heavy atom. The second-order valence-electron chi connectivity index (χ2n) is 5.68. The number of ether oxygens (including phenoxy) is 1. The molecule has 0 aliphatic carbocycles. The van der Waals surface area contributed by atoms with Crippen LogP contribution in [0.25, 0.3) is 0 Å². The van der Waals surface area contributed by atoms with Crippen LogP contribution in [0.15, 0.2) is 24.8 Å². The lowest BCUT2D eigenvalue weighted by Gasteiger charge is -2.02. The van der Waals surface area contributed by atoms with E-state index in [-0.39, 0.29) is 5.97 Å². The molecule has 0 saturated heterocycles. The zero-order chi connectivity index (χ0) is 15.6. The normalized spacial score (nSPS) is 10.9. The summed E-state index contributed by atoms with van der Waals surface area (Å²) in [4.78, 5) is 10.8. The fraction of sp³-hybridized carbons (Fsp3) is 0.737. The average Bonchev–Trinajstić information content (AvgIpc) is 2.50. The van der Waals surface area contributed by atoms with Gasteiger partial charge in [-0.05, 0) is 25.7 Å². The molecule has 2 heteroatoms. The van der Waals surface area contributed by atoms with Gasteiger partial charge in [-0.1, -0.05) is 69.9 Å². The minimum atomic E-state index is -0.250. The van der Waals surface area contributed by atoms with Crippen LogP contribution < -0.4 is 0 Å². The van der Waals surface area contributed by atoms with Crippen molar-refractivity contribution in [2.75, 3.05) is 7.11 Å². The molecule has 0 rings (SSSR count). The number of allylic oxidation sites excluding steroid dienone is 2. The first-order valence-electron chi connectivity index (χ1n) is 8.66. The molecule has 122 valence electrons. The van der Waals surface area contributed by atoms with Crippen molar-refractivity contribution in [3.05, 3.63) is 24.8 Å². The van der Waals surface area contributed by atoms with Crippen LogP contribution in [0.5, 0.6) is 0 Å². The highest BCUT2D eigenvalue weighted by Gasteiger charge is 1.93. The van der Waals surface area contributed by atoms with Crippen molar-refractivity contribution >= 4 is 5.97 Å². The number of esters is 1. The first kappa shape index (κ1) is 19.9. The molecule has 0 spiro atoms. The van der Waals surface area contributed by atoms with Crippen LogP contribution in [0.4, 0.5) is 0 Å². The smallest absolute Gasteiger partial charge is 0.330 e. The standard InChI is InChI=1S/C19H34O2/c1-3-4-5-6-7-8-9-10-11-12-13-14-15-16-17-18-19(20)21-2/h3,17-18H,1,4-16H2,2H3/b18-17+. The summed E-state index contributed by atoms with van der Waals surface area (Å²) in [5.74, 6) is -0.250. The third kappa shape index (κ3) is 16.9. The molecule has 0 fully saturated rings. The topological polar surface area (TPSA) is 26.3 Å². The van der Waals surface area contributed by atoms with Gasteiger partial charge in [0.2, 0.25) is 0 Å². The highest BCUT2D eigenvalue weighted by molar-refractivity contribution is 5.81. The van der Waals surface area contributed by atoms with E-state index in [1.807, 2.05) is 12.2 Å². The summed E-state index contributed by atoms with van der Waals surface area (Å²) in [7, 11) is 1.41. The van der Waals surface area contributed by atoms with Gasteiger partial charge in [-0.15, -0.1) is 6.58 Å². The molecule has 0 aliphatic heterocycles. The monoisotopic (exact) mass is 294 g/mol. The van der Waals surface area contributed by atoms with Crippen LogP contribution in [0.1, 0.15) is 83.5 Å². The third-order valence-corrected chi connectivity index (χ3v) is 3.73. The van der Waals surface area contributed by atoms with Gasteiger partial charge in [-0.3, -0.25) is 0 Å². The predicted octanol–water partition coefficient (Wildman–Crippen LogP) is 5.97. The van der Waals surface area contributed by atoms with Crippen molar-refractivity contribution in [3.63, 3.8) is 0 Å². The van der Waals surface area contributed by atoms with Gasteiger partial charge >= 0.3 is 5.97 Å². The number of carbonyl (C=O) groups is 1. The van der Waals surface area contributed by atoms with Crippen molar-refractivity contribution in [2.24, 2.45) is 0 Å². The van der Waals surface area contributed by atoms with Gasteiger partial charge in [0, 0.05) is 6.08 Å². The molecule has 0 atom stereocenters. The number of rotatable bonds is 15. The molecule has 2 nitrogen and oxygen atoms in total. The lowest BCUT2D eigenvalue weighted by atomic mass is 10.0. The maximum absolute atomic E-state index is 10.8. The van der Waals surface area contributed by atoms with Crippen LogP contribution in [0.2, 0.25) is 0 Å². The van der Waals surface area contributed by atoms with Crippen molar-refractivity contribution in [2.45, 2.75) is 83.5 Å². The highest BCUT2D eigenvalue weighted by Crippen LogP contribution is 2.12.